The van der Waals surface area contributed by atoms with Gasteiger partial charge in [-0.15, -0.1) is 0 Å². The number of ether oxygens (including phenoxy) is 2. The summed E-state index contributed by atoms with van der Waals surface area (Å²) in [7, 11) is 2.97. The lowest BCUT2D eigenvalue weighted by atomic mass is 10.1. The third kappa shape index (κ3) is 4.21. The Kier molecular flexibility index (Phi) is 6.22. The van der Waals surface area contributed by atoms with Crippen LogP contribution in [0.3, 0.4) is 0 Å². The van der Waals surface area contributed by atoms with Gasteiger partial charge in [0.2, 0.25) is 0 Å². The van der Waals surface area contributed by atoms with Crippen molar-refractivity contribution in [2.24, 2.45) is 5.10 Å². The fourth-order valence-electron chi connectivity index (χ4n) is 2.09. The van der Waals surface area contributed by atoms with Gasteiger partial charge in [-0.25, -0.2) is 9.82 Å². The van der Waals surface area contributed by atoms with E-state index in [1.54, 1.807) is 19.1 Å². The number of amides is 1. The second kappa shape index (κ2) is 8.18. The maximum absolute atomic E-state index is 13.6. The number of methoxy groups -OCH3 is 2. The van der Waals surface area contributed by atoms with Gasteiger partial charge in [0, 0.05) is 11.1 Å². The number of nitrogens with one attached hydrogen (secondary N) is 1. The molecular weight excluding hydrogens is 370 g/mol. The Hall–Kier alpha value is -2.31. The quantitative estimate of drug-likeness (QED) is 0.474. The number of benzene rings is 2. The summed E-state index contributed by atoms with van der Waals surface area (Å²) < 4.78 is 23.8. The lowest BCUT2D eigenvalue weighted by Crippen LogP contribution is -2.19. The van der Waals surface area contributed by atoms with Gasteiger partial charge in [0.05, 0.1) is 30.0 Å². The van der Waals surface area contributed by atoms with Crippen LogP contribution in [0.5, 0.6) is 11.5 Å². The van der Waals surface area contributed by atoms with Crippen LogP contribution in [0.25, 0.3) is 0 Å². The number of nitrogens with zero attached hydrogens (tertiary/aromatic N) is 1. The number of hydrazone groups is 1. The van der Waals surface area contributed by atoms with Gasteiger partial charge >= 0.3 is 0 Å². The average Bonchev–Trinajstić information content (AvgIpc) is 2.62. The molecule has 0 atom stereocenters. The van der Waals surface area contributed by atoms with Crippen molar-refractivity contribution in [3.8, 4) is 11.5 Å². The van der Waals surface area contributed by atoms with Crippen molar-refractivity contribution < 1.29 is 18.7 Å². The van der Waals surface area contributed by atoms with E-state index < -0.39 is 11.7 Å². The molecule has 8 heteroatoms. The standard InChI is InChI=1S/C17H15Cl2FN2O3/c1-9(15-11(18)5-6-12(20)16(15)19)21-22-17(23)10-4-7-13(24-2)14(8-10)25-3/h4-8H,1-3H3,(H,22,23)/b21-9-. The molecule has 2 aromatic carbocycles. The van der Waals surface area contributed by atoms with E-state index >= 15 is 0 Å². The number of hydrogen-bond donors (Lipinski definition) is 1. The van der Waals surface area contributed by atoms with Crippen LogP contribution in [0.4, 0.5) is 4.39 Å². The number of carbonyl (C=O) groups excluding carboxylic acids is 1. The van der Waals surface area contributed by atoms with Gasteiger partial charge in [0.1, 0.15) is 5.82 Å². The van der Waals surface area contributed by atoms with E-state index in [-0.39, 0.29) is 21.3 Å². The van der Waals surface area contributed by atoms with Crippen LogP contribution >= 0.6 is 23.2 Å². The minimum Gasteiger partial charge on any atom is -0.493 e. The fourth-order valence-corrected chi connectivity index (χ4v) is 2.74. The fraction of sp³-hybridized carbons (Fsp3) is 0.176. The average molecular weight is 385 g/mol. The molecule has 0 fully saturated rings. The molecule has 0 saturated heterocycles. The third-order valence-corrected chi connectivity index (χ3v) is 4.06. The predicted molar refractivity (Wildman–Crippen MR) is 95.6 cm³/mol. The van der Waals surface area contributed by atoms with Gasteiger partial charge in [0.15, 0.2) is 11.5 Å². The Labute approximate surface area is 154 Å². The summed E-state index contributed by atoms with van der Waals surface area (Å²) in [6, 6.07) is 7.20. The first-order valence-corrected chi connectivity index (χ1v) is 7.85. The van der Waals surface area contributed by atoms with Crippen LogP contribution in [0, 0.1) is 5.82 Å². The molecule has 1 N–H and O–H groups in total. The first-order valence-electron chi connectivity index (χ1n) is 7.09. The number of hydrogen-bond acceptors (Lipinski definition) is 4. The molecular formula is C17H15Cl2FN2O3. The highest BCUT2D eigenvalue weighted by Crippen LogP contribution is 2.28. The van der Waals surface area contributed by atoms with E-state index in [0.29, 0.717) is 17.1 Å². The topological polar surface area (TPSA) is 59.9 Å². The van der Waals surface area contributed by atoms with Crippen molar-refractivity contribution in [2.45, 2.75) is 6.92 Å². The Morgan fingerprint density at radius 3 is 2.44 bits per heavy atom. The Balaban J connectivity index is 2.24. The summed E-state index contributed by atoms with van der Waals surface area (Å²) >= 11 is 11.9. The Morgan fingerprint density at radius 1 is 1.12 bits per heavy atom. The van der Waals surface area contributed by atoms with E-state index in [9.17, 15) is 9.18 Å². The number of rotatable bonds is 5. The first kappa shape index (κ1) is 19.0. The van der Waals surface area contributed by atoms with E-state index in [1.165, 1.54) is 26.4 Å². The van der Waals surface area contributed by atoms with Gasteiger partial charge in [-0.05, 0) is 37.3 Å². The zero-order chi connectivity index (χ0) is 18.6. The highest BCUT2D eigenvalue weighted by Gasteiger charge is 2.15. The van der Waals surface area contributed by atoms with E-state index in [4.69, 9.17) is 32.7 Å². The van der Waals surface area contributed by atoms with Crippen LogP contribution < -0.4 is 14.9 Å². The highest BCUT2D eigenvalue weighted by atomic mass is 35.5. The smallest absolute Gasteiger partial charge is 0.271 e. The molecule has 0 heterocycles. The van der Waals surface area contributed by atoms with E-state index in [0.717, 1.165) is 6.07 Å². The largest absolute Gasteiger partial charge is 0.493 e. The minimum absolute atomic E-state index is 0.158. The zero-order valence-electron chi connectivity index (χ0n) is 13.7. The summed E-state index contributed by atoms with van der Waals surface area (Å²) in [5, 5.41) is 4.01. The molecule has 2 rings (SSSR count). The van der Waals surface area contributed by atoms with Crippen LogP contribution in [-0.2, 0) is 0 Å². The maximum Gasteiger partial charge on any atom is 0.271 e. The predicted octanol–water partition coefficient (Wildman–Crippen LogP) is 4.30. The summed E-state index contributed by atoms with van der Waals surface area (Å²) in [6.45, 7) is 1.56. The third-order valence-electron chi connectivity index (χ3n) is 3.38. The second-order valence-corrected chi connectivity index (χ2v) is 5.71. The summed E-state index contributed by atoms with van der Waals surface area (Å²) in [6.07, 6.45) is 0. The summed E-state index contributed by atoms with van der Waals surface area (Å²) in [4.78, 5) is 12.2. The van der Waals surface area contributed by atoms with Crippen molar-refractivity contribution in [2.75, 3.05) is 14.2 Å². The monoisotopic (exact) mass is 384 g/mol. The molecule has 1 amide bonds. The molecule has 132 valence electrons. The Bertz CT molecular complexity index is 841. The first-order chi connectivity index (χ1) is 11.9. The number of carbonyl (C=O) groups is 1. The number of halogens is 3. The molecule has 0 bridgehead atoms. The molecule has 0 spiro atoms. The van der Waals surface area contributed by atoms with Gasteiger partial charge in [-0.1, -0.05) is 23.2 Å². The molecule has 0 unspecified atom stereocenters. The van der Waals surface area contributed by atoms with E-state index in [1.807, 2.05) is 0 Å². The van der Waals surface area contributed by atoms with Gasteiger partial charge in [-0.2, -0.15) is 5.10 Å². The molecule has 0 aliphatic carbocycles. The molecule has 25 heavy (non-hydrogen) atoms. The minimum atomic E-state index is -0.623. The lowest BCUT2D eigenvalue weighted by Gasteiger charge is -2.10. The maximum atomic E-state index is 13.6. The van der Waals surface area contributed by atoms with Crippen LogP contribution in [-0.4, -0.2) is 25.8 Å². The van der Waals surface area contributed by atoms with Crippen molar-refractivity contribution in [3.63, 3.8) is 0 Å². The Morgan fingerprint density at radius 2 is 1.80 bits per heavy atom. The lowest BCUT2D eigenvalue weighted by molar-refractivity contribution is 0.0954. The molecule has 5 nitrogen and oxygen atoms in total. The van der Waals surface area contributed by atoms with Crippen LogP contribution in [0.15, 0.2) is 35.4 Å². The zero-order valence-corrected chi connectivity index (χ0v) is 15.2. The molecule has 0 aliphatic heterocycles. The second-order valence-electron chi connectivity index (χ2n) is 4.93. The van der Waals surface area contributed by atoms with E-state index in [2.05, 4.69) is 10.5 Å². The summed E-state index contributed by atoms with van der Waals surface area (Å²) in [5.41, 5.74) is 3.17. The molecule has 2 aromatic rings. The van der Waals surface area contributed by atoms with Crippen molar-refractivity contribution >= 4 is 34.8 Å². The van der Waals surface area contributed by atoms with Crippen LogP contribution in [0.2, 0.25) is 10.0 Å². The molecule has 0 radical (unpaired) electrons. The van der Waals surface area contributed by atoms with Gasteiger partial charge in [-0.3, -0.25) is 4.79 Å². The van der Waals surface area contributed by atoms with Crippen molar-refractivity contribution in [1.82, 2.24) is 5.43 Å². The molecule has 0 saturated carbocycles. The highest BCUT2D eigenvalue weighted by molar-refractivity contribution is 6.40. The normalized spacial score (nSPS) is 11.2. The molecule has 0 aliphatic rings. The van der Waals surface area contributed by atoms with Crippen molar-refractivity contribution in [3.05, 3.63) is 57.3 Å². The van der Waals surface area contributed by atoms with Crippen molar-refractivity contribution in [1.29, 1.82) is 0 Å². The van der Waals surface area contributed by atoms with Crippen LogP contribution in [0.1, 0.15) is 22.8 Å². The van der Waals surface area contributed by atoms with Gasteiger partial charge < -0.3 is 9.47 Å². The molecule has 0 aromatic heterocycles. The summed E-state index contributed by atoms with van der Waals surface area (Å²) in [5.74, 6) is -0.199. The van der Waals surface area contributed by atoms with Gasteiger partial charge in [0.25, 0.3) is 5.91 Å². The SMILES string of the molecule is COc1ccc(C(=O)N/N=C(/C)c2c(Cl)ccc(F)c2Cl)cc1OC.